The Morgan fingerprint density at radius 2 is 1.88 bits per heavy atom. The molecule has 2 aromatic rings. The predicted octanol–water partition coefficient (Wildman–Crippen LogP) is 4.09. The van der Waals surface area contributed by atoms with E-state index >= 15 is 0 Å². The number of amides is 2. The maximum Gasteiger partial charge on any atom is 0.416 e. The lowest BCUT2D eigenvalue weighted by molar-refractivity contribution is -0.137. The van der Waals surface area contributed by atoms with Gasteiger partial charge in [0.15, 0.2) is 0 Å². The first kappa shape index (κ1) is 22.3. The summed E-state index contributed by atoms with van der Waals surface area (Å²) in [6, 6.07) is 10.6. The van der Waals surface area contributed by atoms with Crippen molar-refractivity contribution in [3.8, 4) is 0 Å². The summed E-state index contributed by atoms with van der Waals surface area (Å²) in [7, 11) is 1.71. The molecule has 2 amide bonds. The molecule has 0 aromatic heterocycles. The fourth-order valence-electron chi connectivity index (χ4n) is 4.50. The van der Waals surface area contributed by atoms with Gasteiger partial charge >= 0.3 is 6.18 Å². The lowest BCUT2D eigenvalue weighted by Gasteiger charge is -2.38. The number of nitrogens with one attached hydrogen (secondary N) is 1. The fourth-order valence-corrected chi connectivity index (χ4v) is 4.50. The SMILES string of the molecule is CN1C(=O)CCc2cc(C(=O)NCC3(c4cccc(C(F)(F)F)c4)CCOCC3)ccc21. The lowest BCUT2D eigenvalue weighted by Crippen LogP contribution is -2.44. The molecular weight excluding hydrogens is 421 g/mol. The number of benzene rings is 2. The molecule has 2 aliphatic rings. The second-order valence-corrected chi connectivity index (χ2v) is 8.45. The van der Waals surface area contributed by atoms with Crippen molar-refractivity contribution in [2.45, 2.75) is 37.3 Å². The number of anilines is 1. The van der Waals surface area contributed by atoms with Crippen LogP contribution < -0.4 is 10.2 Å². The van der Waals surface area contributed by atoms with Crippen LogP contribution in [0.25, 0.3) is 0 Å². The summed E-state index contributed by atoms with van der Waals surface area (Å²) < 4.78 is 45.2. The number of nitrogens with zero attached hydrogens (tertiary/aromatic N) is 1. The van der Waals surface area contributed by atoms with Gasteiger partial charge in [0.05, 0.1) is 5.56 Å². The first-order valence-corrected chi connectivity index (χ1v) is 10.6. The smallest absolute Gasteiger partial charge is 0.381 e. The van der Waals surface area contributed by atoms with Crippen molar-refractivity contribution in [1.82, 2.24) is 5.32 Å². The minimum absolute atomic E-state index is 0.0391. The molecule has 170 valence electrons. The van der Waals surface area contributed by atoms with E-state index in [-0.39, 0.29) is 18.4 Å². The van der Waals surface area contributed by atoms with Crippen molar-refractivity contribution < 1.29 is 27.5 Å². The largest absolute Gasteiger partial charge is 0.416 e. The Hall–Kier alpha value is -2.87. The second-order valence-electron chi connectivity index (χ2n) is 8.45. The van der Waals surface area contributed by atoms with Gasteiger partial charge in [0, 0.05) is 49.9 Å². The van der Waals surface area contributed by atoms with E-state index in [0.717, 1.165) is 17.3 Å². The molecule has 0 saturated carbocycles. The van der Waals surface area contributed by atoms with Crippen LogP contribution in [0, 0.1) is 0 Å². The molecule has 0 spiro atoms. The van der Waals surface area contributed by atoms with Crippen LogP contribution in [-0.4, -0.2) is 38.6 Å². The number of alkyl halides is 3. The highest BCUT2D eigenvalue weighted by atomic mass is 19.4. The summed E-state index contributed by atoms with van der Waals surface area (Å²) in [6.07, 6.45) is -2.42. The Morgan fingerprint density at radius 1 is 1.12 bits per heavy atom. The van der Waals surface area contributed by atoms with Crippen LogP contribution in [0.4, 0.5) is 18.9 Å². The quantitative estimate of drug-likeness (QED) is 0.770. The topological polar surface area (TPSA) is 58.6 Å². The van der Waals surface area contributed by atoms with Crippen LogP contribution in [0.5, 0.6) is 0 Å². The van der Waals surface area contributed by atoms with Gasteiger partial charge in [-0.3, -0.25) is 9.59 Å². The van der Waals surface area contributed by atoms with E-state index in [1.807, 2.05) is 0 Å². The Balaban J connectivity index is 1.55. The maximum absolute atomic E-state index is 13.3. The zero-order chi connectivity index (χ0) is 22.9. The number of carbonyl (C=O) groups excluding carboxylic acids is 2. The molecule has 1 fully saturated rings. The summed E-state index contributed by atoms with van der Waals surface area (Å²) in [4.78, 5) is 26.4. The van der Waals surface area contributed by atoms with E-state index in [9.17, 15) is 22.8 Å². The Labute approximate surface area is 184 Å². The van der Waals surface area contributed by atoms with Crippen molar-refractivity contribution in [1.29, 1.82) is 0 Å². The number of aryl methyl sites for hydroxylation is 1. The monoisotopic (exact) mass is 446 g/mol. The molecule has 4 rings (SSSR count). The molecule has 2 aromatic carbocycles. The van der Waals surface area contributed by atoms with E-state index in [2.05, 4.69) is 5.32 Å². The molecule has 1 N–H and O–H groups in total. The highest BCUT2D eigenvalue weighted by Crippen LogP contribution is 2.38. The number of hydrogen-bond donors (Lipinski definition) is 1. The van der Waals surface area contributed by atoms with Crippen LogP contribution in [0.2, 0.25) is 0 Å². The molecule has 0 atom stereocenters. The third-order valence-electron chi connectivity index (χ3n) is 6.52. The van der Waals surface area contributed by atoms with Gasteiger partial charge < -0.3 is 15.0 Å². The van der Waals surface area contributed by atoms with Crippen LogP contribution in [0.15, 0.2) is 42.5 Å². The van der Waals surface area contributed by atoms with Gasteiger partial charge in [0.1, 0.15) is 0 Å². The standard InChI is InChI=1S/C24H25F3N2O3/c1-29-20-7-5-17(13-16(20)6-8-21(29)30)22(31)28-15-23(9-11-32-12-10-23)18-3-2-4-19(14-18)24(25,26)27/h2-5,7,13-14H,6,8-12,15H2,1H3,(H,28,31). The third-order valence-corrected chi connectivity index (χ3v) is 6.52. The molecule has 1 saturated heterocycles. The van der Waals surface area contributed by atoms with Gasteiger partial charge in [0.25, 0.3) is 5.91 Å². The molecule has 8 heteroatoms. The Bertz CT molecular complexity index is 1030. The van der Waals surface area contributed by atoms with Gasteiger partial charge in [-0.25, -0.2) is 0 Å². The van der Waals surface area contributed by atoms with Gasteiger partial charge in [-0.1, -0.05) is 18.2 Å². The van der Waals surface area contributed by atoms with Crippen molar-refractivity contribution in [3.05, 3.63) is 64.7 Å². The minimum atomic E-state index is -4.43. The number of fused-ring (bicyclic) bond motifs is 1. The molecule has 0 aliphatic carbocycles. The van der Waals surface area contributed by atoms with E-state index in [1.54, 1.807) is 36.2 Å². The second kappa shape index (κ2) is 8.58. The maximum atomic E-state index is 13.3. The Morgan fingerprint density at radius 3 is 2.59 bits per heavy atom. The van der Waals surface area contributed by atoms with Crippen LogP contribution in [-0.2, 0) is 27.5 Å². The molecule has 5 nitrogen and oxygen atoms in total. The lowest BCUT2D eigenvalue weighted by atomic mass is 9.73. The van der Waals surface area contributed by atoms with Gasteiger partial charge in [0.2, 0.25) is 5.91 Å². The third kappa shape index (κ3) is 4.37. The molecular formula is C24H25F3N2O3. The normalized spacial score (nSPS) is 18.2. The Kier molecular flexibility index (Phi) is 5.99. The van der Waals surface area contributed by atoms with E-state index in [0.29, 0.717) is 50.0 Å². The zero-order valence-electron chi connectivity index (χ0n) is 17.8. The number of carbonyl (C=O) groups is 2. The van der Waals surface area contributed by atoms with Crippen molar-refractivity contribution in [3.63, 3.8) is 0 Å². The summed E-state index contributed by atoms with van der Waals surface area (Å²) in [5.41, 5.74) is 1.43. The summed E-state index contributed by atoms with van der Waals surface area (Å²) in [6.45, 7) is 1.06. The van der Waals surface area contributed by atoms with Gasteiger partial charge in [-0.05, 0) is 54.7 Å². The van der Waals surface area contributed by atoms with Crippen LogP contribution in [0.1, 0.15) is 46.3 Å². The summed E-state index contributed by atoms with van der Waals surface area (Å²) >= 11 is 0. The van der Waals surface area contributed by atoms with E-state index in [4.69, 9.17) is 4.74 Å². The molecule has 2 aliphatic heterocycles. The number of rotatable bonds is 4. The number of halogens is 3. The van der Waals surface area contributed by atoms with E-state index in [1.165, 1.54) is 12.1 Å². The highest BCUT2D eigenvalue weighted by Gasteiger charge is 2.38. The average Bonchev–Trinajstić information content (AvgIpc) is 2.80. The molecule has 0 unspecified atom stereocenters. The van der Waals surface area contributed by atoms with Crippen molar-refractivity contribution >= 4 is 17.5 Å². The molecule has 0 bridgehead atoms. The summed E-state index contributed by atoms with van der Waals surface area (Å²) in [5.74, 6) is -0.248. The number of hydrogen-bond acceptors (Lipinski definition) is 3. The van der Waals surface area contributed by atoms with Crippen molar-refractivity contribution in [2.75, 3.05) is 31.7 Å². The van der Waals surface area contributed by atoms with Crippen LogP contribution in [0.3, 0.4) is 0 Å². The van der Waals surface area contributed by atoms with Crippen LogP contribution >= 0.6 is 0 Å². The first-order valence-electron chi connectivity index (χ1n) is 10.6. The first-order chi connectivity index (χ1) is 15.2. The van der Waals surface area contributed by atoms with Gasteiger partial charge in [-0.2, -0.15) is 13.2 Å². The predicted molar refractivity (Wildman–Crippen MR) is 114 cm³/mol. The average molecular weight is 446 g/mol. The number of ether oxygens (including phenoxy) is 1. The zero-order valence-corrected chi connectivity index (χ0v) is 17.8. The van der Waals surface area contributed by atoms with Crippen molar-refractivity contribution in [2.24, 2.45) is 0 Å². The minimum Gasteiger partial charge on any atom is -0.381 e. The molecule has 0 radical (unpaired) electrons. The van der Waals surface area contributed by atoms with E-state index < -0.39 is 17.2 Å². The summed E-state index contributed by atoms with van der Waals surface area (Å²) in [5, 5.41) is 2.94. The molecule has 2 heterocycles. The highest BCUT2D eigenvalue weighted by molar-refractivity contribution is 5.99. The molecule has 32 heavy (non-hydrogen) atoms. The fraction of sp³-hybridized carbons (Fsp3) is 0.417. The van der Waals surface area contributed by atoms with Gasteiger partial charge in [-0.15, -0.1) is 0 Å².